The number of nitrogens with one attached hydrogen (secondary N) is 2. The van der Waals surface area contributed by atoms with Gasteiger partial charge in [0, 0.05) is 38.9 Å². The summed E-state index contributed by atoms with van der Waals surface area (Å²) in [5.41, 5.74) is 1.06. The maximum atomic E-state index is 13.9. The van der Waals surface area contributed by atoms with Gasteiger partial charge in [-0.3, -0.25) is 4.99 Å². The summed E-state index contributed by atoms with van der Waals surface area (Å²) in [5, 5.41) is 6.63. The lowest BCUT2D eigenvalue weighted by Gasteiger charge is -2.20. The molecule has 2 N–H and O–H groups in total. The summed E-state index contributed by atoms with van der Waals surface area (Å²) in [6.07, 6.45) is 3.26. The van der Waals surface area contributed by atoms with Crippen molar-refractivity contribution in [1.82, 2.24) is 15.6 Å². The predicted octanol–water partition coefficient (Wildman–Crippen LogP) is 2.35. The van der Waals surface area contributed by atoms with Crippen molar-refractivity contribution < 1.29 is 8.78 Å². The number of nitrogens with zero attached hydrogens (tertiary/aromatic N) is 3. The smallest absolute Gasteiger partial charge is 0.191 e. The van der Waals surface area contributed by atoms with E-state index in [9.17, 15) is 8.78 Å². The van der Waals surface area contributed by atoms with Gasteiger partial charge in [0.2, 0.25) is 0 Å². The second kappa shape index (κ2) is 8.60. The number of guanidine groups is 1. The summed E-state index contributed by atoms with van der Waals surface area (Å²) in [4.78, 5) is 10.3. The highest BCUT2D eigenvalue weighted by Crippen LogP contribution is 2.20. The molecule has 1 aliphatic rings. The number of rotatable bonds is 5. The zero-order valence-corrected chi connectivity index (χ0v) is 14.8. The van der Waals surface area contributed by atoms with E-state index in [-0.39, 0.29) is 17.7 Å². The molecule has 1 fully saturated rings. The van der Waals surface area contributed by atoms with Gasteiger partial charge in [-0.25, -0.2) is 13.8 Å². The maximum absolute atomic E-state index is 13.9. The summed E-state index contributed by atoms with van der Waals surface area (Å²) >= 11 is 0. The van der Waals surface area contributed by atoms with Crippen LogP contribution in [0.2, 0.25) is 0 Å². The first-order chi connectivity index (χ1) is 12.7. The molecular formula is C19H23F2N5. The molecule has 0 saturated carbocycles. The van der Waals surface area contributed by atoms with Gasteiger partial charge >= 0.3 is 0 Å². The number of aromatic nitrogens is 1. The number of benzene rings is 1. The molecule has 1 aromatic heterocycles. The molecule has 1 unspecified atom stereocenters. The van der Waals surface area contributed by atoms with Crippen LogP contribution in [0.3, 0.4) is 0 Å². The monoisotopic (exact) mass is 359 g/mol. The molecule has 0 amide bonds. The van der Waals surface area contributed by atoms with E-state index in [1.54, 1.807) is 31.4 Å². The molecule has 26 heavy (non-hydrogen) atoms. The Morgan fingerprint density at radius 1 is 1.27 bits per heavy atom. The van der Waals surface area contributed by atoms with Gasteiger partial charge < -0.3 is 15.5 Å². The third-order valence-corrected chi connectivity index (χ3v) is 4.41. The van der Waals surface area contributed by atoms with Crippen LogP contribution < -0.4 is 15.5 Å². The molecule has 2 aromatic rings. The average molecular weight is 359 g/mol. The van der Waals surface area contributed by atoms with Crippen LogP contribution in [0, 0.1) is 11.6 Å². The Balaban J connectivity index is 1.47. The lowest BCUT2D eigenvalue weighted by atomic mass is 10.1. The number of pyridine rings is 1. The van der Waals surface area contributed by atoms with Gasteiger partial charge in [0.1, 0.15) is 5.82 Å². The molecule has 5 nitrogen and oxygen atoms in total. The van der Waals surface area contributed by atoms with Gasteiger partial charge in [0.05, 0.1) is 0 Å². The quantitative estimate of drug-likeness (QED) is 0.636. The van der Waals surface area contributed by atoms with Crippen LogP contribution in [0.4, 0.5) is 14.6 Å². The Morgan fingerprint density at radius 3 is 2.81 bits per heavy atom. The molecule has 1 atom stereocenters. The first-order valence-corrected chi connectivity index (χ1v) is 8.73. The Bertz CT molecular complexity index is 748. The van der Waals surface area contributed by atoms with Crippen LogP contribution in [-0.2, 0) is 6.42 Å². The first kappa shape index (κ1) is 18.1. The highest BCUT2D eigenvalue weighted by Gasteiger charge is 2.25. The molecule has 1 aliphatic heterocycles. The highest BCUT2D eigenvalue weighted by atomic mass is 19.1. The predicted molar refractivity (Wildman–Crippen MR) is 99.4 cm³/mol. The van der Waals surface area contributed by atoms with Crippen molar-refractivity contribution in [1.29, 1.82) is 0 Å². The van der Waals surface area contributed by atoms with Gasteiger partial charge in [0.15, 0.2) is 17.6 Å². The van der Waals surface area contributed by atoms with Crippen molar-refractivity contribution in [3.8, 4) is 0 Å². The van der Waals surface area contributed by atoms with Crippen molar-refractivity contribution in [2.75, 3.05) is 31.6 Å². The Hall–Kier alpha value is -2.70. The first-order valence-electron chi connectivity index (χ1n) is 8.73. The van der Waals surface area contributed by atoms with Crippen LogP contribution in [0.1, 0.15) is 12.0 Å². The number of hydrogen-bond acceptors (Lipinski definition) is 3. The summed E-state index contributed by atoms with van der Waals surface area (Å²) in [7, 11) is 1.72. The van der Waals surface area contributed by atoms with Gasteiger partial charge in [0.25, 0.3) is 0 Å². The van der Waals surface area contributed by atoms with Gasteiger partial charge in [-0.1, -0.05) is 12.1 Å². The molecule has 138 valence electrons. The molecule has 2 heterocycles. The van der Waals surface area contributed by atoms with Gasteiger partial charge in [-0.2, -0.15) is 0 Å². The third-order valence-electron chi connectivity index (χ3n) is 4.41. The molecule has 1 aromatic carbocycles. The number of hydrogen-bond donors (Lipinski definition) is 2. The Kier molecular flexibility index (Phi) is 5.99. The molecule has 7 heteroatoms. The van der Waals surface area contributed by atoms with Crippen LogP contribution in [-0.4, -0.2) is 43.7 Å². The lowest BCUT2D eigenvalue weighted by Crippen LogP contribution is -2.45. The van der Waals surface area contributed by atoms with Crippen LogP contribution in [0.25, 0.3) is 0 Å². The summed E-state index contributed by atoms with van der Waals surface area (Å²) in [6.45, 7) is 2.11. The molecular weight excluding hydrogens is 336 g/mol. The second-order valence-electron chi connectivity index (χ2n) is 6.26. The van der Waals surface area contributed by atoms with E-state index >= 15 is 0 Å². The minimum atomic E-state index is -0.296. The van der Waals surface area contributed by atoms with Crippen molar-refractivity contribution >= 4 is 11.8 Å². The average Bonchev–Trinajstić information content (AvgIpc) is 3.11. The van der Waals surface area contributed by atoms with Crippen LogP contribution in [0.15, 0.2) is 47.6 Å². The minimum Gasteiger partial charge on any atom is -0.356 e. The van der Waals surface area contributed by atoms with E-state index in [0.29, 0.717) is 24.9 Å². The highest BCUT2D eigenvalue weighted by molar-refractivity contribution is 5.80. The van der Waals surface area contributed by atoms with E-state index in [4.69, 9.17) is 0 Å². The van der Waals surface area contributed by atoms with Crippen molar-refractivity contribution in [3.63, 3.8) is 0 Å². The van der Waals surface area contributed by atoms with E-state index in [1.807, 2.05) is 4.90 Å². The van der Waals surface area contributed by atoms with E-state index in [2.05, 4.69) is 20.6 Å². The summed E-state index contributed by atoms with van der Waals surface area (Å²) in [5.74, 6) is 0.584. The van der Waals surface area contributed by atoms with E-state index in [0.717, 1.165) is 24.9 Å². The van der Waals surface area contributed by atoms with Crippen LogP contribution >= 0.6 is 0 Å². The SMILES string of the molecule is CN=C(NCCc1ccc(F)cc1)NC1CCN(c2ncccc2F)C1. The molecule has 3 rings (SSSR count). The minimum absolute atomic E-state index is 0.174. The van der Waals surface area contributed by atoms with Crippen molar-refractivity contribution in [3.05, 3.63) is 59.8 Å². The Labute approximate surface area is 152 Å². The molecule has 0 spiro atoms. The van der Waals surface area contributed by atoms with Gasteiger partial charge in [-0.05, 0) is 42.7 Å². The van der Waals surface area contributed by atoms with Crippen molar-refractivity contribution in [2.24, 2.45) is 4.99 Å². The second-order valence-corrected chi connectivity index (χ2v) is 6.26. The molecule has 1 saturated heterocycles. The fourth-order valence-corrected chi connectivity index (χ4v) is 3.04. The van der Waals surface area contributed by atoms with E-state index in [1.165, 1.54) is 18.2 Å². The van der Waals surface area contributed by atoms with Crippen LogP contribution in [0.5, 0.6) is 0 Å². The van der Waals surface area contributed by atoms with Crippen molar-refractivity contribution in [2.45, 2.75) is 18.9 Å². The number of aliphatic imine (C=N–C) groups is 1. The number of anilines is 1. The standard InChI is InChI=1S/C19H23F2N5/c1-22-19(24-11-8-14-4-6-15(20)7-5-14)25-16-9-12-26(13-16)18-17(21)3-2-10-23-18/h2-7,10,16H,8-9,11-13H2,1H3,(H2,22,24,25). The Morgan fingerprint density at radius 2 is 2.08 bits per heavy atom. The van der Waals surface area contributed by atoms with Gasteiger partial charge in [-0.15, -0.1) is 0 Å². The fourth-order valence-electron chi connectivity index (χ4n) is 3.04. The zero-order chi connectivity index (χ0) is 18.4. The summed E-state index contributed by atoms with van der Waals surface area (Å²) < 4.78 is 26.8. The largest absolute Gasteiger partial charge is 0.356 e. The maximum Gasteiger partial charge on any atom is 0.191 e. The third kappa shape index (κ3) is 4.68. The molecule has 0 bridgehead atoms. The lowest BCUT2D eigenvalue weighted by molar-refractivity contribution is 0.612. The fraction of sp³-hybridized carbons (Fsp3) is 0.368. The molecule has 0 aliphatic carbocycles. The topological polar surface area (TPSA) is 52.6 Å². The summed E-state index contributed by atoms with van der Waals surface area (Å²) in [6, 6.07) is 9.69. The zero-order valence-electron chi connectivity index (χ0n) is 14.8. The molecule has 0 radical (unpaired) electrons. The number of halogens is 2. The van der Waals surface area contributed by atoms with E-state index < -0.39 is 0 Å². The normalized spacial score (nSPS) is 17.4.